The third-order valence-corrected chi connectivity index (χ3v) is 6.30. The van der Waals surface area contributed by atoms with Gasteiger partial charge in [-0.05, 0) is 45.1 Å². The fourth-order valence-electron chi connectivity index (χ4n) is 3.67. The van der Waals surface area contributed by atoms with Gasteiger partial charge in [-0.25, -0.2) is 0 Å². The standard InChI is InChI=1S/C20H31BO5/c1-7-15-12(2)16(22)17(23)18(24-15)13-8-10-14(11-9-13)21-25-19(3,4)20(5,6)26-21/h8-12,15-18,22-23H,7H2,1-6H3/t12-,15-,16+,17+,18-/m1/s1. The van der Waals surface area contributed by atoms with Crippen LogP contribution in [0, 0.1) is 5.92 Å². The molecule has 5 nitrogen and oxygen atoms in total. The Bertz CT molecular complexity index is 612. The molecule has 2 N–H and O–H groups in total. The maximum Gasteiger partial charge on any atom is 0.494 e. The van der Waals surface area contributed by atoms with Gasteiger partial charge in [0.1, 0.15) is 12.2 Å². The summed E-state index contributed by atoms with van der Waals surface area (Å²) in [6.45, 7) is 12.1. The molecule has 2 heterocycles. The molecule has 0 spiro atoms. The summed E-state index contributed by atoms with van der Waals surface area (Å²) in [7, 11) is -0.416. The predicted octanol–water partition coefficient (Wildman–Crippen LogP) is 2.19. The Morgan fingerprint density at radius 1 is 0.962 bits per heavy atom. The number of benzene rings is 1. The van der Waals surface area contributed by atoms with E-state index in [1.165, 1.54) is 0 Å². The molecule has 6 heteroatoms. The molecule has 2 fully saturated rings. The van der Waals surface area contributed by atoms with Crippen LogP contribution < -0.4 is 5.46 Å². The van der Waals surface area contributed by atoms with E-state index in [1.54, 1.807) is 0 Å². The van der Waals surface area contributed by atoms with Gasteiger partial charge in [-0.1, -0.05) is 38.1 Å². The van der Waals surface area contributed by atoms with Gasteiger partial charge >= 0.3 is 7.12 Å². The zero-order valence-electron chi connectivity index (χ0n) is 16.6. The summed E-state index contributed by atoms with van der Waals surface area (Å²) in [5.74, 6) is -0.0877. The maximum atomic E-state index is 10.5. The molecule has 0 aromatic heterocycles. The van der Waals surface area contributed by atoms with Gasteiger partial charge in [0.25, 0.3) is 0 Å². The van der Waals surface area contributed by atoms with Crippen LogP contribution in [-0.4, -0.2) is 46.8 Å². The molecule has 0 unspecified atom stereocenters. The molecule has 144 valence electrons. The second kappa shape index (κ2) is 6.91. The zero-order chi connectivity index (χ0) is 19.3. The van der Waals surface area contributed by atoms with E-state index in [4.69, 9.17) is 14.0 Å². The van der Waals surface area contributed by atoms with Crippen molar-refractivity contribution < 1.29 is 24.3 Å². The molecule has 2 aliphatic heterocycles. The highest BCUT2D eigenvalue weighted by molar-refractivity contribution is 6.62. The average Bonchev–Trinajstić information content (AvgIpc) is 2.81. The maximum absolute atomic E-state index is 10.5. The first-order valence-electron chi connectivity index (χ1n) is 9.54. The third-order valence-electron chi connectivity index (χ3n) is 6.30. The Labute approximate surface area is 156 Å². The highest BCUT2D eigenvalue weighted by atomic mass is 16.7. The summed E-state index contributed by atoms with van der Waals surface area (Å²) in [5, 5.41) is 20.8. The predicted molar refractivity (Wildman–Crippen MR) is 101 cm³/mol. The highest BCUT2D eigenvalue weighted by Gasteiger charge is 2.51. The van der Waals surface area contributed by atoms with E-state index >= 15 is 0 Å². The molecule has 2 saturated heterocycles. The monoisotopic (exact) mass is 362 g/mol. The molecule has 1 aromatic rings. The van der Waals surface area contributed by atoms with Gasteiger partial charge in [0.05, 0.1) is 23.4 Å². The van der Waals surface area contributed by atoms with Crippen molar-refractivity contribution in [3.63, 3.8) is 0 Å². The average molecular weight is 362 g/mol. The SMILES string of the molecule is CC[C@H]1O[C@H](c2ccc(B3OC(C)(C)C(C)(C)O3)cc2)[C@@H](O)[C@@H](O)[C@@H]1C. The van der Waals surface area contributed by atoms with Crippen LogP contribution in [0.2, 0.25) is 0 Å². The summed E-state index contributed by atoms with van der Waals surface area (Å²) in [5.41, 5.74) is 1.02. The minimum absolute atomic E-state index is 0.0684. The first-order chi connectivity index (χ1) is 12.1. The van der Waals surface area contributed by atoms with E-state index in [9.17, 15) is 10.2 Å². The molecule has 3 rings (SSSR count). The Kier molecular flexibility index (Phi) is 5.28. The van der Waals surface area contributed by atoms with Gasteiger partial charge in [-0.3, -0.25) is 0 Å². The Hall–Kier alpha value is -0.915. The van der Waals surface area contributed by atoms with Gasteiger partial charge in [0, 0.05) is 5.92 Å². The molecular formula is C20H31BO5. The molecule has 0 amide bonds. The topological polar surface area (TPSA) is 68.2 Å². The van der Waals surface area contributed by atoms with Gasteiger partial charge in [0.15, 0.2) is 0 Å². The first kappa shape index (κ1) is 19.8. The Balaban J connectivity index is 1.78. The van der Waals surface area contributed by atoms with Gasteiger partial charge in [-0.2, -0.15) is 0 Å². The van der Waals surface area contributed by atoms with E-state index in [1.807, 2.05) is 65.8 Å². The molecule has 0 bridgehead atoms. The molecule has 0 saturated carbocycles. The van der Waals surface area contributed by atoms with Crippen LogP contribution in [0.15, 0.2) is 24.3 Å². The molecule has 26 heavy (non-hydrogen) atoms. The van der Waals surface area contributed by atoms with Crippen molar-refractivity contribution in [2.24, 2.45) is 5.92 Å². The van der Waals surface area contributed by atoms with Gasteiger partial charge in [-0.15, -0.1) is 0 Å². The lowest BCUT2D eigenvalue weighted by atomic mass is 9.78. The smallest absolute Gasteiger partial charge is 0.399 e. The summed E-state index contributed by atoms with van der Waals surface area (Å²) in [4.78, 5) is 0. The molecule has 5 atom stereocenters. The van der Waals surface area contributed by atoms with Crippen molar-refractivity contribution >= 4 is 12.6 Å². The van der Waals surface area contributed by atoms with Crippen LogP contribution in [-0.2, 0) is 14.0 Å². The molecule has 2 aliphatic rings. The third kappa shape index (κ3) is 3.34. The first-order valence-corrected chi connectivity index (χ1v) is 9.54. The van der Waals surface area contributed by atoms with Crippen molar-refractivity contribution in [2.45, 2.75) is 83.6 Å². The Morgan fingerprint density at radius 2 is 1.50 bits per heavy atom. The lowest BCUT2D eigenvalue weighted by Gasteiger charge is -2.41. The van der Waals surface area contributed by atoms with E-state index in [-0.39, 0.29) is 23.2 Å². The quantitative estimate of drug-likeness (QED) is 0.807. The minimum Gasteiger partial charge on any atom is -0.399 e. The largest absolute Gasteiger partial charge is 0.494 e. The van der Waals surface area contributed by atoms with E-state index < -0.39 is 25.4 Å². The van der Waals surface area contributed by atoms with Crippen molar-refractivity contribution in [1.29, 1.82) is 0 Å². The number of aliphatic hydroxyl groups excluding tert-OH is 2. The summed E-state index contributed by atoms with van der Waals surface area (Å²) in [6, 6.07) is 7.73. The van der Waals surface area contributed by atoms with Crippen LogP contribution in [0.5, 0.6) is 0 Å². The number of aliphatic hydroxyl groups is 2. The number of hydrogen-bond acceptors (Lipinski definition) is 5. The number of rotatable bonds is 3. The molecule has 0 radical (unpaired) electrons. The van der Waals surface area contributed by atoms with E-state index in [2.05, 4.69) is 0 Å². The molecule has 1 aromatic carbocycles. The van der Waals surface area contributed by atoms with Crippen LogP contribution in [0.1, 0.15) is 59.6 Å². The number of hydrogen-bond donors (Lipinski definition) is 2. The van der Waals surface area contributed by atoms with Crippen molar-refractivity contribution in [2.75, 3.05) is 0 Å². The number of ether oxygens (including phenoxy) is 1. The lowest BCUT2D eigenvalue weighted by molar-refractivity contribution is -0.199. The van der Waals surface area contributed by atoms with Gasteiger partial charge in [0.2, 0.25) is 0 Å². The molecular weight excluding hydrogens is 331 g/mol. The van der Waals surface area contributed by atoms with Gasteiger partial charge < -0.3 is 24.3 Å². The fraction of sp³-hybridized carbons (Fsp3) is 0.700. The Morgan fingerprint density at radius 3 is 2.00 bits per heavy atom. The minimum atomic E-state index is -0.935. The van der Waals surface area contributed by atoms with E-state index in [0.29, 0.717) is 0 Å². The summed E-state index contributed by atoms with van der Waals surface area (Å²) < 4.78 is 18.2. The fourth-order valence-corrected chi connectivity index (χ4v) is 3.67. The normalized spacial score (nSPS) is 36.3. The molecule has 0 aliphatic carbocycles. The van der Waals surface area contributed by atoms with Crippen LogP contribution in [0.25, 0.3) is 0 Å². The van der Waals surface area contributed by atoms with Crippen LogP contribution >= 0.6 is 0 Å². The lowest BCUT2D eigenvalue weighted by Crippen LogP contribution is -2.49. The van der Waals surface area contributed by atoms with E-state index in [0.717, 1.165) is 17.4 Å². The van der Waals surface area contributed by atoms with Crippen molar-refractivity contribution in [3.8, 4) is 0 Å². The second-order valence-electron chi connectivity index (χ2n) is 8.60. The summed E-state index contributed by atoms with van der Waals surface area (Å²) >= 11 is 0. The highest BCUT2D eigenvalue weighted by Crippen LogP contribution is 2.38. The second-order valence-corrected chi connectivity index (χ2v) is 8.60. The van der Waals surface area contributed by atoms with Crippen molar-refractivity contribution in [3.05, 3.63) is 29.8 Å². The zero-order valence-corrected chi connectivity index (χ0v) is 16.6. The van der Waals surface area contributed by atoms with Crippen molar-refractivity contribution in [1.82, 2.24) is 0 Å². The summed E-state index contributed by atoms with van der Waals surface area (Å²) in [6.07, 6.45) is -1.52. The van der Waals surface area contributed by atoms with Crippen LogP contribution in [0.4, 0.5) is 0 Å². The van der Waals surface area contributed by atoms with Crippen LogP contribution in [0.3, 0.4) is 0 Å².